The molecule has 0 rings (SSSR count). The Morgan fingerprint density at radius 2 is 0.500 bits per heavy atom. The lowest BCUT2D eigenvalue weighted by molar-refractivity contribution is 0.366. The van der Waals surface area contributed by atoms with Gasteiger partial charge in [-0.05, 0) is 5.92 Å². The zero-order valence-corrected chi connectivity index (χ0v) is 20.5. The van der Waals surface area contributed by atoms with Crippen LogP contribution in [0, 0.1) is 5.92 Å². The quantitative estimate of drug-likeness (QED) is 0.143. The van der Waals surface area contributed by atoms with Gasteiger partial charge in [0, 0.05) is 0 Å². The molecule has 28 heavy (non-hydrogen) atoms. The Kier molecular flexibility index (Phi) is 25.0. The SMILES string of the molecule is CCCCCCCCCCCCCC(CCCCCC)CCCCCCCC. The predicted molar refractivity (Wildman–Crippen MR) is 131 cm³/mol. The van der Waals surface area contributed by atoms with Crippen LogP contribution in [-0.2, 0) is 0 Å². The molecule has 0 N–H and O–H groups in total. The molecule has 1 atom stereocenters. The first-order chi connectivity index (χ1) is 13.8. The summed E-state index contributed by atoms with van der Waals surface area (Å²) < 4.78 is 0. The highest BCUT2D eigenvalue weighted by atomic mass is 14.1. The summed E-state index contributed by atoms with van der Waals surface area (Å²) in [6, 6.07) is 0. The maximum Gasteiger partial charge on any atom is -0.0414 e. The molecule has 0 aromatic carbocycles. The zero-order chi connectivity index (χ0) is 20.5. The Balaban J connectivity index is 3.64. The van der Waals surface area contributed by atoms with E-state index in [1.54, 1.807) is 0 Å². The van der Waals surface area contributed by atoms with Gasteiger partial charge < -0.3 is 0 Å². The first kappa shape index (κ1) is 28.0. The van der Waals surface area contributed by atoms with Crippen LogP contribution in [0.1, 0.15) is 175 Å². The molecular weight excluding hydrogens is 336 g/mol. The highest BCUT2D eigenvalue weighted by Crippen LogP contribution is 2.24. The number of hydrogen-bond donors (Lipinski definition) is 0. The summed E-state index contributed by atoms with van der Waals surface area (Å²) in [5.74, 6) is 1.04. The Morgan fingerprint density at radius 3 is 0.786 bits per heavy atom. The van der Waals surface area contributed by atoms with E-state index in [0.29, 0.717) is 0 Å². The van der Waals surface area contributed by atoms with Gasteiger partial charge in [0.05, 0.1) is 0 Å². The molecular formula is C28H58. The fraction of sp³-hybridized carbons (Fsp3) is 1.00. The summed E-state index contributed by atoms with van der Waals surface area (Å²) in [5.41, 5.74) is 0. The summed E-state index contributed by atoms with van der Waals surface area (Å²) in [6.45, 7) is 6.96. The number of hydrogen-bond acceptors (Lipinski definition) is 0. The second kappa shape index (κ2) is 25.0. The third kappa shape index (κ3) is 22.3. The van der Waals surface area contributed by atoms with E-state index in [2.05, 4.69) is 20.8 Å². The molecule has 0 aromatic heterocycles. The topological polar surface area (TPSA) is 0 Å². The van der Waals surface area contributed by atoms with Gasteiger partial charge in [-0.1, -0.05) is 175 Å². The van der Waals surface area contributed by atoms with E-state index < -0.39 is 0 Å². The fourth-order valence-corrected chi connectivity index (χ4v) is 4.60. The van der Waals surface area contributed by atoms with Gasteiger partial charge in [0.25, 0.3) is 0 Å². The molecule has 0 heterocycles. The summed E-state index contributed by atoms with van der Waals surface area (Å²) in [6.07, 6.45) is 35.3. The fourth-order valence-electron chi connectivity index (χ4n) is 4.60. The van der Waals surface area contributed by atoms with Gasteiger partial charge >= 0.3 is 0 Å². The van der Waals surface area contributed by atoms with Crippen LogP contribution in [0.5, 0.6) is 0 Å². The molecule has 0 fully saturated rings. The van der Waals surface area contributed by atoms with Gasteiger partial charge in [-0.25, -0.2) is 0 Å². The minimum absolute atomic E-state index is 1.04. The third-order valence-corrected chi connectivity index (χ3v) is 6.65. The van der Waals surface area contributed by atoms with Crippen molar-refractivity contribution in [1.29, 1.82) is 0 Å². The third-order valence-electron chi connectivity index (χ3n) is 6.65. The van der Waals surface area contributed by atoms with Crippen molar-refractivity contribution in [2.75, 3.05) is 0 Å². The van der Waals surface area contributed by atoms with Gasteiger partial charge in [-0.2, -0.15) is 0 Å². The normalized spacial score (nSPS) is 12.5. The molecule has 170 valence electrons. The smallest absolute Gasteiger partial charge is 0.0414 e. The van der Waals surface area contributed by atoms with E-state index in [4.69, 9.17) is 0 Å². The summed E-state index contributed by atoms with van der Waals surface area (Å²) in [7, 11) is 0. The molecule has 0 aliphatic heterocycles. The van der Waals surface area contributed by atoms with E-state index in [0.717, 1.165) is 5.92 Å². The molecule has 0 aromatic rings. The average molecular weight is 395 g/mol. The van der Waals surface area contributed by atoms with Gasteiger partial charge in [-0.15, -0.1) is 0 Å². The Hall–Kier alpha value is 0. The van der Waals surface area contributed by atoms with Crippen LogP contribution < -0.4 is 0 Å². The monoisotopic (exact) mass is 394 g/mol. The van der Waals surface area contributed by atoms with Crippen LogP contribution in [0.25, 0.3) is 0 Å². The lowest BCUT2D eigenvalue weighted by Crippen LogP contribution is -2.01. The van der Waals surface area contributed by atoms with Crippen LogP contribution in [0.2, 0.25) is 0 Å². The van der Waals surface area contributed by atoms with Crippen molar-refractivity contribution in [3.8, 4) is 0 Å². The molecule has 0 aliphatic carbocycles. The minimum atomic E-state index is 1.04. The minimum Gasteiger partial charge on any atom is -0.0654 e. The first-order valence-corrected chi connectivity index (χ1v) is 13.8. The molecule has 0 saturated carbocycles. The largest absolute Gasteiger partial charge is 0.0654 e. The van der Waals surface area contributed by atoms with Crippen molar-refractivity contribution in [3.63, 3.8) is 0 Å². The molecule has 0 nitrogen and oxygen atoms in total. The summed E-state index contributed by atoms with van der Waals surface area (Å²) in [5, 5.41) is 0. The zero-order valence-electron chi connectivity index (χ0n) is 20.5. The van der Waals surface area contributed by atoms with E-state index in [-0.39, 0.29) is 0 Å². The van der Waals surface area contributed by atoms with Crippen molar-refractivity contribution in [2.24, 2.45) is 5.92 Å². The van der Waals surface area contributed by atoms with Crippen LogP contribution in [0.4, 0.5) is 0 Å². The highest BCUT2D eigenvalue weighted by molar-refractivity contribution is 4.62. The Bertz CT molecular complexity index is 257. The maximum absolute atomic E-state index is 2.33. The standard InChI is InChI=1S/C28H58/c1-4-7-10-13-15-16-17-18-19-21-24-27-28(25-22-12-9-6-3)26-23-20-14-11-8-5-2/h28H,4-27H2,1-3H3. The summed E-state index contributed by atoms with van der Waals surface area (Å²) in [4.78, 5) is 0. The van der Waals surface area contributed by atoms with Gasteiger partial charge in [-0.3, -0.25) is 0 Å². The second-order valence-corrected chi connectivity index (χ2v) is 9.60. The Labute approximate surface area is 181 Å². The van der Waals surface area contributed by atoms with Crippen molar-refractivity contribution >= 4 is 0 Å². The van der Waals surface area contributed by atoms with E-state index in [1.165, 1.54) is 154 Å². The maximum atomic E-state index is 2.33. The van der Waals surface area contributed by atoms with Crippen LogP contribution in [0.15, 0.2) is 0 Å². The second-order valence-electron chi connectivity index (χ2n) is 9.60. The Morgan fingerprint density at radius 1 is 0.286 bits per heavy atom. The van der Waals surface area contributed by atoms with E-state index in [9.17, 15) is 0 Å². The molecule has 0 radical (unpaired) electrons. The number of unbranched alkanes of at least 4 members (excludes halogenated alkanes) is 18. The van der Waals surface area contributed by atoms with Crippen LogP contribution >= 0.6 is 0 Å². The van der Waals surface area contributed by atoms with E-state index in [1.807, 2.05) is 0 Å². The lowest BCUT2D eigenvalue weighted by Gasteiger charge is -2.17. The van der Waals surface area contributed by atoms with Crippen LogP contribution in [0.3, 0.4) is 0 Å². The van der Waals surface area contributed by atoms with Crippen molar-refractivity contribution in [2.45, 2.75) is 175 Å². The number of rotatable bonds is 24. The molecule has 0 amide bonds. The predicted octanol–water partition coefficient (Wildman–Crippen LogP) is 11.0. The highest BCUT2D eigenvalue weighted by Gasteiger charge is 2.08. The van der Waals surface area contributed by atoms with Crippen molar-refractivity contribution in [1.82, 2.24) is 0 Å². The molecule has 0 aliphatic rings. The lowest BCUT2D eigenvalue weighted by atomic mass is 9.89. The molecule has 0 bridgehead atoms. The molecule has 0 saturated heterocycles. The van der Waals surface area contributed by atoms with E-state index >= 15 is 0 Å². The molecule has 0 heteroatoms. The molecule has 1 unspecified atom stereocenters. The molecule has 0 spiro atoms. The van der Waals surface area contributed by atoms with Crippen molar-refractivity contribution < 1.29 is 0 Å². The van der Waals surface area contributed by atoms with Crippen LogP contribution in [-0.4, -0.2) is 0 Å². The van der Waals surface area contributed by atoms with Gasteiger partial charge in [0.15, 0.2) is 0 Å². The average Bonchev–Trinajstić information content (AvgIpc) is 2.71. The van der Waals surface area contributed by atoms with Crippen molar-refractivity contribution in [3.05, 3.63) is 0 Å². The summed E-state index contributed by atoms with van der Waals surface area (Å²) >= 11 is 0. The van der Waals surface area contributed by atoms with Gasteiger partial charge in [0.2, 0.25) is 0 Å². The van der Waals surface area contributed by atoms with Gasteiger partial charge in [0.1, 0.15) is 0 Å². The first-order valence-electron chi connectivity index (χ1n) is 13.8.